The lowest BCUT2D eigenvalue weighted by Gasteiger charge is -2.05. The number of hydrogen-bond donors (Lipinski definition) is 1. The first-order valence-electron chi connectivity index (χ1n) is 7.25. The smallest absolute Gasteiger partial charge is 0.202 e. The third-order valence-corrected chi connectivity index (χ3v) is 3.97. The Kier molecular flexibility index (Phi) is 2.91. The Hall–Kier alpha value is -3.14. The van der Waals surface area contributed by atoms with E-state index in [1.54, 1.807) is 13.0 Å². The van der Waals surface area contributed by atoms with Crippen LogP contribution in [-0.4, -0.2) is 10.1 Å². The number of aromatic hydroxyl groups is 1. The fraction of sp³-hybridized carbons (Fsp3) is 0.0526. The Labute approximate surface area is 131 Å². The number of aromatic nitrogens is 1. The summed E-state index contributed by atoms with van der Waals surface area (Å²) in [5, 5.41) is 11.2. The zero-order valence-electron chi connectivity index (χ0n) is 12.4. The van der Waals surface area contributed by atoms with Gasteiger partial charge in [0, 0.05) is 11.5 Å². The van der Waals surface area contributed by atoms with Gasteiger partial charge in [-0.2, -0.15) is 0 Å². The van der Waals surface area contributed by atoms with Crippen molar-refractivity contribution in [3.8, 4) is 17.0 Å². The van der Waals surface area contributed by atoms with E-state index in [-0.39, 0.29) is 11.2 Å². The molecule has 4 nitrogen and oxygen atoms in total. The van der Waals surface area contributed by atoms with Gasteiger partial charge < -0.3 is 9.52 Å². The van der Waals surface area contributed by atoms with E-state index in [1.165, 1.54) is 12.3 Å². The van der Waals surface area contributed by atoms with Crippen LogP contribution in [0.1, 0.15) is 5.56 Å². The molecule has 1 N–H and O–H groups in total. The minimum absolute atomic E-state index is 0.109. The van der Waals surface area contributed by atoms with Crippen LogP contribution in [0.2, 0.25) is 0 Å². The molecule has 112 valence electrons. The Morgan fingerprint density at radius 2 is 1.91 bits per heavy atom. The van der Waals surface area contributed by atoms with E-state index in [2.05, 4.69) is 4.98 Å². The van der Waals surface area contributed by atoms with Gasteiger partial charge >= 0.3 is 0 Å². The maximum absolute atomic E-state index is 12.7. The molecule has 0 atom stereocenters. The van der Waals surface area contributed by atoms with Crippen molar-refractivity contribution in [1.29, 1.82) is 0 Å². The second-order valence-electron chi connectivity index (χ2n) is 5.50. The van der Waals surface area contributed by atoms with Crippen molar-refractivity contribution in [1.82, 2.24) is 4.98 Å². The highest BCUT2D eigenvalue weighted by atomic mass is 16.3. The molecular formula is C19H13NO3. The first-order valence-corrected chi connectivity index (χ1v) is 7.25. The summed E-state index contributed by atoms with van der Waals surface area (Å²) >= 11 is 0. The average molecular weight is 303 g/mol. The van der Waals surface area contributed by atoms with Crippen LogP contribution in [0.15, 0.2) is 64.0 Å². The zero-order chi connectivity index (χ0) is 16.0. The summed E-state index contributed by atoms with van der Waals surface area (Å²) in [6.07, 6.45) is 1.40. The zero-order valence-corrected chi connectivity index (χ0v) is 12.4. The predicted octanol–water partition coefficient (Wildman–Crippen LogP) is 4.02. The third-order valence-electron chi connectivity index (χ3n) is 3.97. The largest absolute Gasteiger partial charge is 0.508 e. The summed E-state index contributed by atoms with van der Waals surface area (Å²) in [6.45, 7) is 1.75. The normalized spacial score (nSPS) is 11.2. The van der Waals surface area contributed by atoms with Gasteiger partial charge in [0.05, 0.1) is 22.2 Å². The molecule has 23 heavy (non-hydrogen) atoms. The van der Waals surface area contributed by atoms with Gasteiger partial charge in [0.1, 0.15) is 17.6 Å². The minimum atomic E-state index is -0.155. The first-order chi connectivity index (χ1) is 11.1. The van der Waals surface area contributed by atoms with Gasteiger partial charge in [-0.1, -0.05) is 24.3 Å². The van der Waals surface area contributed by atoms with E-state index in [9.17, 15) is 9.90 Å². The first kappa shape index (κ1) is 13.5. The Balaban J connectivity index is 1.98. The van der Waals surface area contributed by atoms with Gasteiger partial charge in [-0.3, -0.25) is 4.79 Å². The number of benzene rings is 2. The van der Waals surface area contributed by atoms with Crippen LogP contribution in [0.3, 0.4) is 0 Å². The third kappa shape index (κ3) is 2.16. The molecule has 4 rings (SSSR count). The van der Waals surface area contributed by atoms with Crippen molar-refractivity contribution in [2.24, 2.45) is 0 Å². The van der Waals surface area contributed by atoms with Crippen molar-refractivity contribution in [2.75, 3.05) is 0 Å². The molecule has 0 spiro atoms. The van der Waals surface area contributed by atoms with Gasteiger partial charge in [0.2, 0.25) is 5.43 Å². The molecule has 2 heterocycles. The van der Waals surface area contributed by atoms with E-state index in [0.29, 0.717) is 27.8 Å². The van der Waals surface area contributed by atoms with Crippen LogP contribution in [0.5, 0.6) is 5.75 Å². The van der Waals surface area contributed by atoms with Gasteiger partial charge in [-0.05, 0) is 30.7 Å². The standard InChI is InChI=1S/C19H13NO3/c1-11-8-13-18(9-17(11)21)23-10-14(19(13)22)16-7-6-12-4-2-3-5-15(12)20-16/h2-10,21H,1H3. The maximum atomic E-state index is 12.7. The number of nitrogens with zero attached hydrogens (tertiary/aromatic N) is 1. The molecule has 0 fully saturated rings. The SMILES string of the molecule is Cc1cc2c(=O)c(-c3ccc4ccccc4n3)coc2cc1O. The number of aryl methyl sites for hydroxylation is 1. The lowest BCUT2D eigenvalue weighted by Crippen LogP contribution is -2.06. The molecule has 0 aliphatic heterocycles. The number of fused-ring (bicyclic) bond motifs is 2. The molecule has 2 aromatic carbocycles. The van der Waals surface area contributed by atoms with Crippen molar-refractivity contribution in [3.05, 3.63) is 70.6 Å². The van der Waals surface area contributed by atoms with Crippen LogP contribution in [0.4, 0.5) is 0 Å². The molecule has 0 bridgehead atoms. The van der Waals surface area contributed by atoms with Crippen LogP contribution in [0, 0.1) is 6.92 Å². The highest BCUT2D eigenvalue weighted by Crippen LogP contribution is 2.25. The van der Waals surface area contributed by atoms with Crippen molar-refractivity contribution in [2.45, 2.75) is 6.92 Å². The van der Waals surface area contributed by atoms with Crippen LogP contribution >= 0.6 is 0 Å². The molecule has 0 aliphatic carbocycles. The number of para-hydroxylation sites is 1. The Bertz CT molecular complexity index is 1110. The molecule has 0 amide bonds. The summed E-state index contributed by atoms with van der Waals surface area (Å²) in [7, 11) is 0. The van der Waals surface area contributed by atoms with Gasteiger partial charge in [-0.25, -0.2) is 4.98 Å². The molecule has 0 saturated heterocycles. The molecule has 4 aromatic rings. The highest BCUT2D eigenvalue weighted by Gasteiger charge is 2.12. The molecular weight excluding hydrogens is 290 g/mol. The fourth-order valence-corrected chi connectivity index (χ4v) is 2.67. The van der Waals surface area contributed by atoms with Crippen molar-refractivity contribution >= 4 is 21.9 Å². The molecule has 0 radical (unpaired) electrons. The number of phenolic OH excluding ortho intramolecular Hbond substituents is 1. The minimum Gasteiger partial charge on any atom is -0.508 e. The van der Waals surface area contributed by atoms with Gasteiger partial charge in [0.25, 0.3) is 0 Å². The van der Waals surface area contributed by atoms with Gasteiger partial charge in [0.15, 0.2) is 0 Å². The monoisotopic (exact) mass is 303 g/mol. The van der Waals surface area contributed by atoms with Crippen molar-refractivity contribution < 1.29 is 9.52 Å². The molecule has 0 saturated carbocycles. The molecule has 2 aromatic heterocycles. The Morgan fingerprint density at radius 1 is 1.09 bits per heavy atom. The van der Waals surface area contributed by atoms with E-state index >= 15 is 0 Å². The van der Waals surface area contributed by atoms with E-state index in [0.717, 1.165) is 10.9 Å². The molecule has 0 unspecified atom stereocenters. The molecule has 0 aliphatic rings. The van der Waals surface area contributed by atoms with Crippen molar-refractivity contribution in [3.63, 3.8) is 0 Å². The highest BCUT2D eigenvalue weighted by molar-refractivity contribution is 5.85. The lowest BCUT2D eigenvalue weighted by atomic mass is 10.1. The average Bonchev–Trinajstić information content (AvgIpc) is 2.57. The van der Waals surface area contributed by atoms with E-state index in [1.807, 2.05) is 36.4 Å². The number of phenols is 1. The number of pyridine rings is 1. The lowest BCUT2D eigenvalue weighted by molar-refractivity contribution is 0.470. The number of rotatable bonds is 1. The summed E-state index contributed by atoms with van der Waals surface area (Å²) in [6, 6.07) is 14.6. The van der Waals surface area contributed by atoms with E-state index < -0.39 is 0 Å². The maximum Gasteiger partial charge on any atom is 0.202 e. The molecule has 4 heteroatoms. The quantitative estimate of drug-likeness (QED) is 0.577. The fourth-order valence-electron chi connectivity index (χ4n) is 2.67. The Morgan fingerprint density at radius 3 is 2.78 bits per heavy atom. The predicted molar refractivity (Wildman–Crippen MR) is 89.6 cm³/mol. The summed E-state index contributed by atoms with van der Waals surface area (Å²) in [4.78, 5) is 17.3. The van der Waals surface area contributed by atoms with Crippen LogP contribution < -0.4 is 5.43 Å². The van der Waals surface area contributed by atoms with Gasteiger partial charge in [-0.15, -0.1) is 0 Å². The van der Waals surface area contributed by atoms with E-state index in [4.69, 9.17) is 4.42 Å². The number of hydrogen-bond acceptors (Lipinski definition) is 4. The summed E-state index contributed by atoms with van der Waals surface area (Å²) in [5.41, 5.74) is 2.65. The topological polar surface area (TPSA) is 63.3 Å². The summed E-state index contributed by atoms with van der Waals surface area (Å²) in [5.74, 6) is 0.109. The second-order valence-corrected chi connectivity index (χ2v) is 5.50. The van der Waals surface area contributed by atoms with Crippen LogP contribution in [0.25, 0.3) is 33.1 Å². The van der Waals surface area contributed by atoms with Crippen LogP contribution in [-0.2, 0) is 0 Å². The summed E-state index contributed by atoms with van der Waals surface area (Å²) < 4.78 is 5.53. The second kappa shape index (κ2) is 4.95.